The molecule has 0 spiro atoms. The molecule has 0 aromatic heterocycles. The maximum absolute atomic E-state index is 12.3. The van der Waals surface area contributed by atoms with Crippen LogP contribution in [0.4, 0.5) is 0 Å². The third kappa shape index (κ3) is 3.05. The van der Waals surface area contributed by atoms with E-state index in [-0.39, 0.29) is 17.6 Å². The molecule has 1 aromatic carbocycles. The molecule has 19 heavy (non-hydrogen) atoms. The highest BCUT2D eigenvalue weighted by Crippen LogP contribution is 2.18. The van der Waals surface area contributed by atoms with Crippen LogP contribution >= 0.6 is 0 Å². The number of amides is 2. The molecule has 1 aliphatic heterocycles. The Balaban J connectivity index is 2.08. The topological polar surface area (TPSA) is 60.9 Å². The molecule has 5 heteroatoms. The van der Waals surface area contributed by atoms with Gasteiger partial charge in [0, 0.05) is 33.1 Å². The van der Waals surface area contributed by atoms with E-state index in [1.54, 1.807) is 34.9 Å². The second-order valence-electron chi connectivity index (χ2n) is 4.67. The van der Waals surface area contributed by atoms with Crippen molar-refractivity contribution in [2.45, 2.75) is 13.3 Å². The van der Waals surface area contributed by atoms with Crippen molar-refractivity contribution in [1.82, 2.24) is 9.80 Å². The van der Waals surface area contributed by atoms with Crippen molar-refractivity contribution in [2.75, 3.05) is 26.2 Å². The van der Waals surface area contributed by atoms with E-state index in [1.165, 1.54) is 6.07 Å². The highest BCUT2D eigenvalue weighted by atomic mass is 16.3. The average molecular weight is 262 g/mol. The fourth-order valence-corrected chi connectivity index (χ4v) is 2.26. The number of nitrogens with zero attached hydrogens (tertiary/aromatic N) is 2. The molecule has 1 aliphatic rings. The van der Waals surface area contributed by atoms with E-state index in [9.17, 15) is 14.7 Å². The van der Waals surface area contributed by atoms with Crippen molar-refractivity contribution in [3.63, 3.8) is 0 Å². The molecule has 1 aromatic rings. The summed E-state index contributed by atoms with van der Waals surface area (Å²) in [5.74, 6) is -0.138. The zero-order valence-electron chi connectivity index (χ0n) is 11.0. The zero-order chi connectivity index (χ0) is 13.8. The number of carbonyl (C=O) groups is 2. The van der Waals surface area contributed by atoms with Gasteiger partial charge >= 0.3 is 0 Å². The van der Waals surface area contributed by atoms with Crippen molar-refractivity contribution >= 4 is 11.8 Å². The molecule has 2 amide bonds. The summed E-state index contributed by atoms with van der Waals surface area (Å²) in [6.45, 7) is 3.89. The number of carbonyl (C=O) groups excluding carboxylic acids is 2. The number of hydrogen-bond acceptors (Lipinski definition) is 3. The van der Waals surface area contributed by atoms with E-state index in [1.807, 2.05) is 0 Å². The monoisotopic (exact) mass is 262 g/mol. The fourth-order valence-electron chi connectivity index (χ4n) is 2.26. The molecular weight excluding hydrogens is 244 g/mol. The van der Waals surface area contributed by atoms with Crippen LogP contribution in [0.3, 0.4) is 0 Å². The molecule has 0 saturated carbocycles. The van der Waals surface area contributed by atoms with Crippen LogP contribution in [-0.2, 0) is 4.79 Å². The van der Waals surface area contributed by atoms with Gasteiger partial charge in [-0.2, -0.15) is 0 Å². The first kappa shape index (κ1) is 13.4. The quantitative estimate of drug-likeness (QED) is 0.824. The van der Waals surface area contributed by atoms with E-state index in [0.29, 0.717) is 31.7 Å². The number of benzene rings is 1. The number of rotatable bonds is 1. The third-order valence-electron chi connectivity index (χ3n) is 3.36. The molecule has 1 heterocycles. The molecule has 102 valence electrons. The molecule has 1 saturated heterocycles. The predicted molar refractivity (Wildman–Crippen MR) is 70.9 cm³/mol. The van der Waals surface area contributed by atoms with Crippen molar-refractivity contribution in [3.05, 3.63) is 29.8 Å². The largest absolute Gasteiger partial charge is 0.507 e. The summed E-state index contributed by atoms with van der Waals surface area (Å²) in [5.41, 5.74) is 0.318. The minimum atomic E-state index is -0.177. The highest BCUT2D eigenvalue weighted by Gasteiger charge is 2.22. The van der Waals surface area contributed by atoms with Gasteiger partial charge in [0.15, 0.2) is 0 Å². The molecule has 0 aliphatic carbocycles. The van der Waals surface area contributed by atoms with Gasteiger partial charge in [0.2, 0.25) is 5.91 Å². The van der Waals surface area contributed by atoms with Crippen LogP contribution in [0.25, 0.3) is 0 Å². The lowest BCUT2D eigenvalue weighted by Crippen LogP contribution is -2.36. The summed E-state index contributed by atoms with van der Waals surface area (Å²) in [6, 6.07) is 6.54. The van der Waals surface area contributed by atoms with E-state index in [4.69, 9.17) is 0 Å². The Bertz CT molecular complexity index is 487. The Morgan fingerprint density at radius 1 is 1.05 bits per heavy atom. The van der Waals surface area contributed by atoms with E-state index in [2.05, 4.69) is 0 Å². The summed E-state index contributed by atoms with van der Waals surface area (Å²) in [7, 11) is 0. The molecule has 0 radical (unpaired) electrons. The first-order valence-electron chi connectivity index (χ1n) is 6.42. The molecule has 5 nitrogen and oxygen atoms in total. The van der Waals surface area contributed by atoms with Crippen LogP contribution in [-0.4, -0.2) is 52.9 Å². The van der Waals surface area contributed by atoms with Gasteiger partial charge in [0.25, 0.3) is 5.91 Å². The van der Waals surface area contributed by atoms with Gasteiger partial charge in [-0.3, -0.25) is 9.59 Å². The maximum atomic E-state index is 12.3. The summed E-state index contributed by atoms with van der Waals surface area (Å²) in [4.78, 5) is 27.1. The van der Waals surface area contributed by atoms with Crippen LogP contribution in [0.15, 0.2) is 24.3 Å². The Hall–Kier alpha value is -2.04. The highest BCUT2D eigenvalue weighted by molar-refractivity contribution is 5.96. The Morgan fingerprint density at radius 2 is 1.68 bits per heavy atom. The molecular formula is C14H18N2O3. The smallest absolute Gasteiger partial charge is 0.257 e. The Kier molecular flexibility index (Phi) is 4.04. The number of para-hydroxylation sites is 1. The van der Waals surface area contributed by atoms with Gasteiger partial charge in [-0.1, -0.05) is 12.1 Å². The molecule has 0 unspecified atom stereocenters. The van der Waals surface area contributed by atoms with Crippen molar-refractivity contribution in [1.29, 1.82) is 0 Å². The Morgan fingerprint density at radius 3 is 2.37 bits per heavy atom. The van der Waals surface area contributed by atoms with Gasteiger partial charge < -0.3 is 14.9 Å². The van der Waals surface area contributed by atoms with Crippen LogP contribution < -0.4 is 0 Å². The van der Waals surface area contributed by atoms with Crippen LogP contribution in [0, 0.1) is 0 Å². The molecule has 0 atom stereocenters. The van der Waals surface area contributed by atoms with E-state index >= 15 is 0 Å². The number of phenolic OH excluding ortho intramolecular Hbond substituents is 1. The maximum Gasteiger partial charge on any atom is 0.257 e. The molecule has 1 fully saturated rings. The second-order valence-corrected chi connectivity index (χ2v) is 4.67. The fraction of sp³-hybridized carbons (Fsp3) is 0.429. The van der Waals surface area contributed by atoms with Gasteiger partial charge in [0.1, 0.15) is 5.75 Å². The summed E-state index contributed by atoms with van der Waals surface area (Å²) >= 11 is 0. The van der Waals surface area contributed by atoms with Crippen LogP contribution in [0.1, 0.15) is 23.7 Å². The van der Waals surface area contributed by atoms with Crippen molar-refractivity contribution in [3.8, 4) is 5.75 Å². The summed E-state index contributed by atoms with van der Waals surface area (Å²) in [5, 5.41) is 9.71. The molecule has 2 rings (SSSR count). The van der Waals surface area contributed by atoms with Crippen molar-refractivity contribution in [2.24, 2.45) is 0 Å². The van der Waals surface area contributed by atoms with Crippen molar-refractivity contribution < 1.29 is 14.7 Å². The lowest BCUT2D eigenvalue weighted by Gasteiger charge is -2.21. The summed E-state index contributed by atoms with van der Waals surface area (Å²) < 4.78 is 0. The van der Waals surface area contributed by atoms with E-state index < -0.39 is 0 Å². The first-order valence-corrected chi connectivity index (χ1v) is 6.42. The lowest BCUT2D eigenvalue weighted by atomic mass is 10.1. The third-order valence-corrected chi connectivity index (χ3v) is 3.36. The number of aromatic hydroxyl groups is 1. The standard InChI is InChI=1S/C14H18N2O3/c1-11(17)15-7-4-8-16(10-9-15)14(19)12-5-2-3-6-13(12)18/h2-3,5-6,18H,4,7-10H2,1H3. The lowest BCUT2D eigenvalue weighted by molar-refractivity contribution is -0.128. The minimum Gasteiger partial charge on any atom is -0.507 e. The van der Waals surface area contributed by atoms with Gasteiger partial charge in [0.05, 0.1) is 5.56 Å². The first-order chi connectivity index (χ1) is 9.09. The predicted octanol–water partition coefficient (Wildman–Crippen LogP) is 1.09. The normalized spacial score (nSPS) is 16.1. The molecule has 1 N–H and O–H groups in total. The van der Waals surface area contributed by atoms with Crippen LogP contribution in [0.2, 0.25) is 0 Å². The van der Waals surface area contributed by atoms with Gasteiger partial charge in [-0.05, 0) is 18.6 Å². The van der Waals surface area contributed by atoms with E-state index in [0.717, 1.165) is 6.42 Å². The van der Waals surface area contributed by atoms with Gasteiger partial charge in [-0.15, -0.1) is 0 Å². The minimum absolute atomic E-state index is 0.000158. The zero-order valence-corrected chi connectivity index (χ0v) is 11.0. The Labute approximate surface area is 112 Å². The number of hydrogen-bond donors (Lipinski definition) is 1. The SMILES string of the molecule is CC(=O)N1CCCN(C(=O)c2ccccc2O)CC1. The average Bonchev–Trinajstić information content (AvgIpc) is 2.64. The second kappa shape index (κ2) is 5.73. The molecule has 0 bridgehead atoms. The van der Waals surface area contributed by atoms with Crippen LogP contribution in [0.5, 0.6) is 5.75 Å². The number of phenols is 1. The summed E-state index contributed by atoms with van der Waals surface area (Å²) in [6.07, 6.45) is 0.763. The van der Waals surface area contributed by atoms with Gasteiger partial charge in [-0.25, -0.2) is 0 Å².